The van der Waals surface area contributed by atoms with Gasteiger partial charge in [-0.05, 0) is 52.9 Å². The van der Waals surface area contributed by atoms with Crippen molar-refractivity contribution in [3.63, 3.8) is 0 Å². The van der Waals surface area contributed by atoms with Crippen LogP contribution in [0.2, 0.25) is 5.02 Å². The van der Waals surface area contributed by atoms with Gasteiger partial charge in [0.2, 0.25) is 0 Å². The molecule has 0 atom stereocenters. The molecule has 1 aliphatic heterocycles. The second-order valence-corrected chi connectivity index (χ2v) is 9.57. The topological polar surface area (TPSA) is 78.5 Å². The predicted molar refractivity (Wildman–Crippen MR) is 142 cm³/mol. The number of amides is 3. The lowest BCUT2D eigenvalue weighted by Gasteiger charge is -2.15. The first-order chi connectivity index (χ1) is 17.2. The smallest absolute Gasteiger partial charge is 0.278 e. The van der Waals surface area contributed by atoms with E-state index in [1.54, 1.807) is 48.5 Å². The summed E-state index contributed by atoms with van der Waals surface area (Å²) in [5.41, 5.74) is 4.01. The lowest BCUT2D eigenvalue weighted by atomic mass is 10.0. The van der Waals surface area contributed by atoms with Crippen LogP contribution in [0.4, 0.5) is 5.69 Å². The van der Waals surface area contributed by atoms with E-state index in [4.69, 9.17) is 23.2 Å². The van der Waals surface area contributed by atoms with Crippen molar-refractivity contribution in [2.24, 2.45) is 0 Å². The minimum Gasteiger partial charge on any atom is -0.375 e. The van der Waals surface area contributed by atoms with Crippen LogP contribution in [-0.4, -0.2) is 22.6 Å². The van der Waals surface area contributed by atoms with Crippen LogP contribution in [0.5, 0.6) is 0 Å². The number of carbonyl (C=O) groups excluding carboxylic acids is 3. The third kappa shape index (κ3) is 5.61. The molecule has 36 heavy (non-hydrogen) atoms. The number of imide groups is 1. The molecule has 0 aliphatic carbocycles. The maximum atomic E-state index is 12.8. The molecule has 0 radical (unpaired) electrons. The Bertz CT molecular complexity index is 1330. The number of halogens is 2. The Balaban J connectivity index is 1.38. The van der Waals surface area contributed by atoms with E-state index in [1.807, 2.05) is 24.3 Å². The molecule has 0 unspecified atom stereocenters. The van der Waals surface area contributed by atoms with Crippen molar-refractivity contribution < 1.29 is 14.4 Å². The fraction of sp³-hybridized carbons (Fsp3) is 0.179. The summed E-state index contributed by atoms with van der Waals surface area (Å²) in [7, 11) is 0. The molecular weight excluding hydrogens is 497 g/mol. The highest BCUT2D eigenvalue weighted by Gasteiger charge is 2.37. The molecule has 3 aromatic carbocycles. The van der Waals surface area contributed by atoms with Gasteiger partial charge in [0.1, 0.15) is 10.7 Å². The SMILES string of the molecule is CC(C)c1ccccc1NC(=O)c1ccc(CNC2=C(Cl)C(=O)N(Cc3ccc(Cl)cc3)C2=O)cc1. The lowest BCUT2D eigenvalue weighted by Crippen LogP contribution is -2.33. The average molecular weight is 522 g/mol. The molecule has 2 N–H and O–H groups in total. The van der Waals surface area contributed by atoms with Crippen molar-refractivity contribution in [1.29, 1.82) is 0 Å². The van der Waals surface area contributed by atoms with Crippen LogP contribution in [0.1, 0.15) is 46.8 Å². The van der Waals surface area contributed by atoms with Gasteiger partial charge in [0.05, 0.1) is 6.54 Å². The van der Waals surface area contributed by atoms with Gasteiger partial charge in [-0.25, -0.2) is 0 Å². The highest BCUT2D eigenvalue weighted by Crippen LogP contribution is 2.26. The molecule has 1 aliphatic rings. The molecule has 0 fully saturated rings. The standard InChI is InChI=1S/C28H25Cl2N3O3/c1-17(2)22-5-3-4-6-23(22)32-26(34)20-11-7-18(8-12-20)15-31-25-24(30)27(35)33(28(25)36)16-19-9-13-21(29)14-10-19/h3-14,17,31H,15-16H2,1-2H3,(H,32,34). The number of hydrogen-bond donors (Lipinski definition) is 2. The Morgan fingerprint density at radius 3 is 2.17 bits per heavy atom. The largest absolute Gasteiger partial charge is 0.375 e. The van der Waals surface area contributed by atoms with Gasteiger partial charge in [-0.2, -0.15) is 0 Å². The molecule has 6 nitrogen and oxygen atoms in total. The van der Waals surface area contributed by atoms with Gasteiger partial charge >= 0.3 is 0 Å². The van der Waals surface area contributed by atoms with E-state index in [1.165, 1.54) is 0 Å². The minimum atomic E-state index is -0.548. The van der Waals surface area contributed by atoms with E-state index in [0.29, 0.717) is 10.6 Å². The molecule has 4 rings (SSSR count). The summed E-state index contributed by atoms with van der Waals surface area (Å²) in [4.78, 5) is 39.2. The van der Waals surface area contributed by atoms with Crippen LogP contribution in [0.15, 0.2) is 83.5 Å². The third-order valence-electron chi connectivity index (χ3n) is 5.88. The third-order valence-corrected chi connectivity index (χ3v) is 6.48. The summed E-state index contributed by atoms with van der Waals surface area (Å²) >= 11 is 12.1. The van der Waals surface area contributed by atoms with Crippen molar-refractivity contribution in [1.82, 2.24) is 10.2 Å². The zero-order valence-corrected chi connectivity index (χ0v) is 21.4. The van der Waals surface area contributed by atoms with Crippen molar-refractivity contribution in [3.8, 4) is 0 Å². The van der Waals surface area contributed by atoms with Crippen LogP contribution in [0, 0.1) is 0 Å². The molecule has 184 valence electrons. The summed E-state index contributed by atoms with van der Waals surface area (Å²) < 4.78 is 0. The molecule has 0 saturated carbocycles. The maximum absolute atomic E-state index is 12.8. The molecule has 3 aromatic rings. The second kappa shape index (κ2) is 11.0. The summed E-state index contributed by atoms with van der Waals surface area (Å²) in [6.45, 7) is 4.51. The van der Waals surface area contributed by atoms with Gasteiger partial charge < -0.3 is 10.6 Å². The predicted octanol–water partition coefficient (Wildman–Crippen LogP) is 5.82. The van der Waals surface area contributed by atoms with Gasteiger partial charge in [-0.1, -0.05) is 79.5 Å². The van der Waals surface area contributed by atoms with Gasteiger partial charge in [-0.15, -0.1) is 0 Å². The van der Waals surface area contributed by atoms with Crippen LogP contribution in [0.3, 0.4) is 0 Å². The first-order valence-corrected chi connectivity index (χ1v) is 12.2. The number of carbonyl (C=O) groups is 3. The molecule has 0 bridgehead atoms. The fourth-order valence-corrected chi connectivity index (χ4v) is 4.26. The first-order valence-electron chi connectivity index (χ1n) is 11.5. The lowest BCUT2D eigenvalue weighted by molar-refractivity contribution is -0.138. The highest BCUT2D eigenvalue weighted by molar-refractivity contribution is 6.47. The normalized spacial score (nSPS) is 13.5. The minimum absolute atomic E-state index is 0.0581. The molecule has 0 aromatic heterocycles. The Kier molecular flexibility index (Phi) is 7.77. The van der Waals surface area contributed by atoms with Gasteiger partial charge in [-0.3, -0.25) is 19.3 Å². The van der Waals surface area contributed by atoms with Gasteiger partial charge in [0.25, 0.3) is 17.7 Å². The Morgan fingerprint density at radius 1 is 0.861 bits per heavy atom. The summed E-state index contributed by atoms with van der Waals surface area (Å²) in [6, 6.07) is 21.6. The molecule has 0 saturated heterocycles. The van der Waals surface area contributed by atoms with E-state index < -0.39 is 11.8 Å². The van der Waals surface area contributed by atoms with E-state index in [2.05, 4.69) is 24.5 Å². The Morgan fingerprint density at radius 2 is 1.50 bits per heavy atom. The first kappa shape index (κ1) is 25.5. The number of anilines is 1. The van der Waals surface area contributed by atoms with Crippen molar-refractivity contribution in [2.45, 2.75) is 32.9 Å². The summed E-state index contributed by atoms with van der Waals surface area (Å²) in [6.07, 6.45) is 0. The highest BCUT2D eigenvalue weighted by atomic mass is 35.5. The number of nitrogens with zero attached hydrogens (tertiary/aromatic N) is 1. The van der Waals surface area contributed by atoms with E-state index in [9.17, 15) is 14.4 Å². The Labute approximate surface area is 219 Å². The van der Waals surface area contributed by atoms with Crippen LogP contribution >= 0.6 is 23.2 Å². The van der Waals surface area contributed by atoms with Crippen molar-refractivity contribution >= 4 is 46.6 Å². The van der Waals surface area contributed by atoms with E-state index >= 15 is 0 Å². The Hall–Kier alpha value is -3.61. The second-order valence-electron chi connectivity index (χ2n) is 8.76. The van der Waals surface area contributed by atoms with Crippen LogP contribution in [-0.2, 0) is 22.7 Å². The van der Waals surface area contributed by atoms with Crippen molar-refractivity contribution in [3.05, 3.63) is 111 Å². The molecule has 8 heteroatoms. The van der Waals surface area contributed by atoms with E-state index in [0.717, 1.165) is 27.3 Å². The maximum Gasteiger partial charge on any atom is 0.278 e. The molecule has 3 amide bonds. The average Bonchev–Trinajstić information content (AvgIpc) is 3.07. The zero-order chi connectivity index (χ0) is 25.8. The number of benzene rings is 3. The number of para-hydroxylation sites is 1. The summed E-state index contributed by atoms with van der Waals surface area (Å²) in [5.74, 6) is -0.960. The molecule has 0 spiro atoms. The van der Waals surface area contributed by atoms with Crippen LogP contribution in [0.25, 0.3) is 0 Å². The number of hydrogen-bond acceptors (Lipinski definition) is 4. The molecular formula is C28H25Cl2N3O3. The fourth-order valence-electron chi connectivity index (χ4n) is 3.89. The van der Waals surface area contributed by atoms with Gasteiger partial charge in [0.15, 0.2) is 0 Å². The zero-order valence-electron chi connectivity index (χ0n) is 19.8. The van der Waals surface area contributed by atoms with Crippen LogP contribution < -0.4 is 10.6 Å². The number of nitrogens with one attached hydrogen (secondary N) is 2. The van der Waals surface area contributed by atoms with E-state index in [-0.39, 0.29) is 35.6 Å². The van der Waals surface area contributed by atoms with Crippen molar-refractivity contribution in [2.75, 3.05) is 5.32 Å². The van der Waals surface area contributed by atoms with Gasteiger partial charge in [0, 0.05) is 22.8 Å². The summed E-state index contributed by atoms with van der Waals surface area (Å²) in [5, 5.41) is 6.37. The number of rotatable bonds is 8. The molecule has 1 heterocycles. The monoisotopic (exact) mass is 521 g/mol. The quantitative estimate of drug-likeness (QED) is 0.366.